The van der Waals surface area contributed by atoms with Crippen molar-refractivity contribution in [3.05, 3.63) is 29.6 Å². The summed E-state index contributed by atoms with van der Waals surface area (Å²) in [6, 6.07) is 5.17. The van der Waals surface area contributed by atoms with Gasteiger partial charge in [0.1, 0.15) is 12.7 Å². The van der Waals surface area contributed by atoms with Crippen molar-refractivity contribution in [2.24, 2.45) is 0 Å². The molecule has 10 heteroatoms. The molecule has 0 bridgehead atoms. The van der Waals surface area contributed by atoms with Gasteiger partial charge in [0.05, 0.1) is 36.3 Å². The SMILES string of the molecule is COC(=O)c1c(N)c(C#N)cn1-c1cc2c(cc1N1CCOC1=O)OCO2. The number of fused-ring (bicyclic) bond motifs is 1. The highest BCUT2D eigenvalue weighted by atomic mass is 16.7. The van der Waals surface area contributed by atoms with Crippen LogP contribution in [0.4, 0.5) is 16.2 Å². The monoisotopic (exact) mass is 370 g/mol. The second-order valence-electron chi connectivity index (χ2n) is 5.74. The number of carbonyl (C=O) groups excluding carboxylic acids is 2. The molecule has 1 aromatic carbocycles. The van der Waals surface area contributed by atoms with E-state index in [0.29, 0.717) is 29.4 Å². The molecule has 1 aromatic heterocycles. The molecule has 0 spiro atoms. The molecule has 27 heavy (non-hydrogen) atoms. The van der Waals surface area contributed by atoms with Crippen LogP contribution in [0.25, 0.3) is 5.69 Å². The third-order valence-corrected chi connectivity index (χ3v) is 4.32. The molecule has 2 N–H and O–H groups in total. The predicted octanol–water partition coefficient (Wildman–Crippen LogP) is 1.40. The molecule has 0 saturated carbocycles. The molecule has 2 aromatic rings. The number of hydrogen-bond acceptors (Lipinski definition) is 8. The van der Waals surface area contributed by atoms with E-state index in [2.05, 4.69) is 0 Å². The van der Waals surface area contributed by atoms with Gasteiger partial charge in [-0.1, -0.05) is 0 Å². The molecule has 0 unspecified atom stereocenters. The number of nitrogens with zero attached hydrogens (tertiary/aromatic N) is 3. The minimum atomic E-state index is -0.721. The van der Waals surface area contributed by atoms with Crippen LogP contribution in [0.2, 0.25) is 0 Å². The van der Waals surface area contributed by atoms with Crippen molar-refractivity contribution >= 4 is 23.4 Å². The number of nitrogens with two attached hydrogens (primary N) is 1. The summed E-state index contributed by atoms with van der Waals surface area (Å²) in [4.78, 5) is 25.8. The Bertz CT molecular complexity index is 1010. The Balaban J connectivity index is 1.98. The van der Waals surface area contributed by atoms with E-state index in [0.717, 1.165) is 0 Å². The van der Waals surface area contributed by atoms with Crippen LogP contribution in [-0.4, -0.2) is 43.7 Å². The minimum absolute atomic E-state index is 0.0167. The first kappa shape index (κ1) is 16.6. The van der Waals surface area contributed by atoms with Crippen molar-refractivity contribution in [2.75, 3.05) is 37.7 Å². The van der Waals surface area contributed by atoms with Gasteiger partial charge in [-0.3, -0.25) is 4.90 Å². The summed E-state index contributed by atoms with van der Waals surface area (Å²) >= 11 is 0. The third kappa shape index (κ3) is 2.48. The maximum Gasteiger partial charge on any atom is 0.414 e. The first-order valence-electron chi connectivity index (χ1n) is 7.92. The Labute approximate surface area is 153 Å². The Kier molecular flexibility index (Phi) is 3.77. The number of nitrogen functional groups attached to an aromatic ring is 1. The lowest BCUT2D eigenvalue weighted by atomic mass is 10.2. The van der Waals surface area contributed by atoms with Crippen LogP contribution < -0.4 is 20.1 Å². The number of hydrogen-bond donors (Lipinski definition) is 1. The average molecular weight is 370 g/mol. The first-order valence-corrected chi connectivity index (χ1v) is 7.92. The lowest BCUT2D eigenvalue weighted by Crippen LogP contribution is -2.25. The zero-order valence-corrected chi connectivity index (χ0v) is 14.2. The maximum atomic E-state index is 12.3. The molecule has 2 aliphatic rings. The molecule has 3 heterocycles. The number of amides is 1. The summed E-state index contributed by atoms with van der Waals surface area (Å²) < 4.78 is 22.0. The topological polar surface area (TPSA) is 129 Å². The van der Waals surface area contributed by atoms with Crippen molar-refractivity contribution in [3.8, 4) is 23.3 Å². The molecular formula is C17H14N4O6. The molecule has 4 rings (SSSR count). The van der Waals surface area contributed by atoms with E-state index in [1.54, 1.807) is 12.1 Å². The molecule has 138 valence electrons. The molecule has 0 radical (unpaired) electrons. The lowest BCUT2D eigenvalue weighted by Gasteiger charge is -2.20. The van der Waals surface area contributed by atoms with E-state index in [1.807, 2.05) is 6.07 Å². The molecule has 1 fully saturated rings. The van der Waals surface area contributed by atoms with Gasteiger partial charge >= 0.3 is 12.1 Å². The number of anilines is 2. The summed E-state index contributed by atoms with van der Waals surface area (Å²) in [5.74, 6) is 0.165. The number of cyclic esters (lactones) is 1. The van der Waals surface area contributed by atoms with Crippen LogP contribution in [0.3, 0.4) is 0 Å². The van der Waals surface area contributed by atoms with Gasteiger partial charge in [-0.2, -0.15) is 5.26 Å². The third-order valence-electron chi connectivity index (χ3n) is 4.32. The molecule has 10 nitrogen and oxygen atoms in total. The van der Waals surface area contributed by atoms with E-state index in [1.165, 1.54) is 22.8 Å². The Morgan fingerprint density at radius 2 is 1.96 bits per heavy atom. The van der Waals surface area contributed by atoms with Crippen LogP contribution in [0.1, 0.15) is 16.1 Å². The number of rotatable bonds is 3. The van der Waals surface area contributed by atoms with E-state index >= 15 is 0 Å². The van der Waals surface area contributed by atoms with Gasteiger partial charge in [0, 0.05) is 18.3 Å². The van der Waals surface area contributed by atoms with Crippen molar-refractivity contribution in [2.45, 2.75) is 0 Å². The van der Waals surface area contributed by atoms with Crippen LogP contribution >= 0.6 is 0 Å². The molecule has 1 amide bonds. The highest BCUT2D eigenvalue weighted by Crippen LogP contribution is 2.42. The summed E-state index contributed by atoms with van der Waals surface area (Å²) in [5.41, 5.74) is 6.84. The molecule has 1 saturated heterocycles. The van der Waals surface area contributed by atoms with Crippen molar-refractivity contribution in [1.82, 2.24) is 4.57 Å². The fraction of sp³-hybridized carbons (Fsp3) is 0.235. The predicted molar refractivity (Wildman–Crippen MR) is 91.1 cm³/mol. The standard InChI is InChI=1S/C17H14N4O6/c1-24-16(22)15-14(19)9(6-18)7-21(15)11-5-13-12(26-8-27-13)4-10(11)20-2-3-25-17(20)23/h4-5,7H,2-3,8,19H2,1H3. The van der Waals surface area contributed by atoms with E-state index in [4.69, 9.17) is 24.7 Å². The number of aromatic nitrogens is 1. The number of benzene rings is 1. The van der Waals surface area contributed by atoms with E-state index in [9.17, 15) is 14.9 Å². The number of nitriles is 1. The molecule has 0 atom stereocenters. The number of carbonyl (C=O) groups is 2. The minimum Gasteiger partial charge on any atom is -0.464 e. The zero-order chi connectivity index (χ0) is 19.1. The Morgan fingerprint density at radius 3 is 2.56 bits per heavy atom. The fourth-order valence-electron chi connectivity index (χ4n) is 3.05. The van der Waals surface area contributed by atoms with Gasteiger partial charge in [0.2, 0.25) is 6.79 Å². The lowest BCUT2D eigenvalue weighted by molar-refractivity contribution is 0.0593. The van der Waals surface area contributed by atoms with Gasteiger partial charge in [-0.05, 0) is 0 Å². The maximum absolute atomic E-state index is 12.3. The molecule has 2 aliphatic heterocycles. The van der Waals surface area contributed by atoms with Crippen LogP contribution in [0.15, 0.2) is 18.3 Å². The van der Waals surface area contributed by atoms with Crippen LogP contribution in [0.5, 0.6) is 11.5 Å². The summed E-state index contributed by atoms with van der Waals surface area (Å²) in [5, 5.41) is 9.31. The van der Waals surface area contributed by atoms with Gasteiger partial charge < -0.3 is 29.2 Å². The van der Waals surface area contributed by atoms with Gasteiger partial charge in [0.25, 0.3) is 0 Å². The van der Waals surface area contributed by atoms with Crippen molar-refractivity contribution in [3.63, 3.8) is 0 Å². The summed E-state index contributed by atoms with van der Waals surface area (Å²) in [7, 11) is 1.21. The van der Waals surface area contributed by atoms with Gasteiger partial charge in [-0.15, -0.1) is 0 Å². The Hall–Kier alpha value is -3.87. The smallest absolute Gasteiger partial charge is 0.414 e. The normalized spacial score (nSPS) is 14.8. The highest BCUT2D eigenvalue weighted by Gasteiger charge is 2.31. The van der Waals surface area contributed by atoms with E-state index in [-0.39, 0.29) is 30.3 Å². The highest BCUT2D eigenvalue weighted by molar-refractivity contribution is 5.98. The number of ether oxygens (including phenoxy) is 4. The van der Waals surface area contributed by atoms with Crippen LogP contribution in [0, 0.1) is 11.3 Å². The first-order chi connectivity index (χ1) is 13.0. The zero-order valence-electron chi connectivity index (χ0n) is 14.2. The molecule has 0 aliphatic carbocycles. The fourth-order valence-corrected chi connectivity index (χ4v) is 3.05. The van der Waals surface area contributed by atoms with Crippen molar-refractivity contribution in [1.29, 1.82) is 5.26 Å². The van der Waals surface area contributed by atoms with Crippen molar-refractivity contribution < 1.29 is 28.5 Å². The van der Waals surface area contributed by atoms with Gasteiger partial charge in [-0.25, -0.2) is 9.59 Å². The number of esters is 1. The van der Waals surface area contributed by atoms with Crippen LogP contribution in [-0.2, 0) is 9.47 Å². The number of methoxy groups -OCH3 is 1. The Morgan fingerprint density at radius 1 is 1.26 bits per heavy atom. The van der Waals surface area contributed by atoms with E-state index < -0.39 is 12.1 Å². The summed E-state index contributed by atoms with van der Waals surface area (Å²) in [6.45, 7) is 0.582. The second-order valence-corrected chi connectivity index (χ2v) is 5.74. The molecular weight excluding hydrogens is 356 g/mol. The average Bonchev–Trinajstić information content (AvgIpc) is 3.37. The quantitative estimate of drug-likeness (QED) is 0.803. The summed E-state index contributed by atoms with van der Waals surface area (Å²) in [6.07, 6.45) is 0.875. The second kappa shape index (κ2) is 6.14. The largest absolute Gasteiger partial charge is 0.464 e. The van der Waals surface area contributed by atoms with Gasteiger partial charge in [0.15, 0.2) is 17.2 Å².